The number of nitrogens with one attached hydrogen (secondary N) is 1. The van der Waals surface area contributed by atoms with Gasteiger partial charge in [0.1, 0.15) is 5.75 Å². The van der Waals surface area contributed by atoms with E-state index in [1.165, 1.54) is 6.07 Å². The number of para-hydroxylation sites is 1. The Morgan fingerprint density at radius 2 is 1.95 bits per heavy atom. The molecule has 0 bridgehead atoms. The summed E-state index contributed by atoms with van der Waals surface area (Å²) < 4.78 is 41.8. The molecular formula is C16H22F3NO. The molecule has 0 aromatic heterocycles. The summed E-state index contributed by atoms with van der Waals surface area (Å²) in [6.45, 7) is 4.98. The molecule has 1 aliphatic rings. The van der Waals surface area contributed by atoms with Gasteiger partial charge in [-0.25, -0.2) is 0 Å². The molecule has 1 aromatic rings. The van der Waals surface area contributed by atoms with Gasteiger partial charge in [-0.3, -0.25) is 0 Å². The molecule has 21 heavy (non-hydrogen) atoms. The van der Waals surface area contributed by atoms with Crippen LogP contribution in [-0.4, -0.2) is 18.9 Å². The molecule has 0 saturated heterocycles. The van der Waals surface area contributed by atoms with Crippen LogP contribution in [0.1, 0.15) is 44.6 Å². The molecule has 118 valence electrons. The number of ether oxygens (including phenoxy) is 1. The zero-order valence-electron chi connectivity index (χ0n) is 12.4. The summed E-state index contributed by atoms with van der Waals surface area (Å²) in [7, 11) is 0. The Balaban J connectivity index is 2.16. The first-order valence-corrected chi connectivity index (χ1v) is 7.45. The Morgan fingerprint density at radius 3 is 2.62 bits per heavy atom. The fourth-order valence-corrected chi connectivity index (χ4v) is 3.08. The van der Waals surface area contributed by atoms with Crippen LogP contribution in [0.3, 0.4) is 0 Å². The second kappa shape index (κ2) is 6.69. The van der Waals surface area contributed by atoms with Gasteiger partial charge < -0.3 is 10.1 Å². The predicted octanol–water partition coefficient (Wildman–Crippen LogP) is 4.47. The van der Waals surface area contributed by atoms with Gasteiger partial charge in [0.2, 0.25) is 0 Å². The molecule has 1 aromatic carbocycles. The van der Waals surface area contributed by atoms with Crippen molar-refractivity contribution in [2.45, 2.75) is 51.4 Å². The third kappa shape index (κ3) is 4.63. The van der Waals surface area contributed by atoms with Gasteiger partial charge in [-0.15, -0.1) is 13.2 Å². The normalized spacial score (nSPS) is 22.8. The summed E-state index contributed by atoms with van der Waals surface area (Å²) >= 11 is 0. The highest BCUT2D eigenvalue weighted by atomic mass is 19.4. The number of rotatable bonds is 5. The lowest BCUT2D eigenvalue weighted by Gasteiger charge is -2.24. The zero-order chi connectivity index (χ0) is 15.5. The summed E-state index contributed by atoms with van der Waals surface area (Å²) in [5.74, 6) is 0.451. The average Bonchev–Trinajstić information content (AvgIpc) is 2.83. The Labute approximate surface area is 123 Å². The summed E-state index contributed by atoms with van der Waals surface area (Å²) in [5, 5.41) is 3.39. The molecule has 0 radical (unpaired) electrons. The van der Waals surface area contributed by atoms with Gasteiger partial charge in [-0.05, 0) is 42.9 Å². The van der Waals surface area contributed by atoms with Crippen molar-refractivity contribution in [3.63, 3.8) is 0 Å². The Morgan fingerprint density at radius 1 is 1.24 bits per heavy atom. The molecule has 0 aliphatic heterocycles. The van der Waals surface area contributed by atoms with Crippen molar-refractivity contribution in [1.29, 1.82) is 0 Å². The summed E-state index contributed by atoms with van der Waals surface area (Å²) in [5.41, 5.74) is 0.683. The third-order valence-corrected chi connectivity index (χ3v) is 3.99. The molecule has 1 aliphatic carbocycles. The van der Waals surface area contributed by atoms with Crippen molar-refractivity contribution in [3.05, 3.63) is 29.8 Å². The lowest BCUT2D eigenvalue weighted by Crippen LogP contribution is -2.30. The van der Waals surface area contributed by atoms with Gasteiger partial charge in [0.15, 0.2) is 0 Å². The first-order valence-electron chi connectivity index (χ1n) is 7.45. The first kappa shape index (κ1) is 16.1. The lowest BCUT2D eigenvalue weighted by atomic mass is 9.88. The van der Waals surface area contributed by atoms with E-state index in [4.69, 9.17) is 0 Å². The zero-order valence-corrected chi connectivity index (χ0v) is 12.4. The second-order valence-corrected chi connectivity index (χ2v) is 5.95. The quantitative estimate of drug-likeness (QED) is 0.866. The topological polar surface area (TPSA) is 21.3 Å². The number of hydrogen-bond donors (Lipinski definition) is 1. The van der Waals surface area contributed by atoms with Crippen LogP contribution in [0.4, 0.5) is 13.2 Å². The highest BCUT2D eigenvalue weighted by molar-refractivity contribution is 5.37. The van der Waals surface area contributed by atoms with E-state index in [0.29, 0.717) is 17.5 Å². The van der Waals surface area contributed by atoms with Crippen molar-refractivity contribution in [1.82, 2.24) is 5.32 Å². The van der Waals surface area contributed by atoms with E-state index in [-0.39, 0.29) is 11.7 Å². The number of hydrogen-bond acceptors (Lipinski definition) is 2. The fraction of sp³-hybridized carbons (Fsp3) is 0.625. The van der Waals surface area contributed by atoms with E-state index in [9.17, 15) is 13.2 Å². The third-order valence-electron chi connectivity index (χ3n) is 3.99. The Bertz CT molecular complexity index is 459. The van der Waals surface area contributed by atoms with Crippen molar-refractivity contribution in [2.24, 2.45) is 5.92 Å². The van der Waals surface area contributed by atoms with Gasteiger partial charge in [-0.2, -0.15) is 0 Å². The summed E-state index contributed by atoms with van der Waals surface area (Å²) in [6, 6.07) is 6.92. The molecular weight excluding hydrogens is 279 g/mol. The van der Waals surface area contributed by atoms with Crippen molar-refractivity contribution >= 4 is 0 Å². The molecule has 5 heteroatoms. The molecule has 1 saturated carbocycles. The largest absolute Gasteiger partial charge is 0.573 e. The van der Waals surface area contributed by atoms with Crippen molar-refractivity contribution in [3.8, 4) is 5.75 Å². The SMILES string of the molecule is CC(C)NCC1CCCC1c1ccccc1OC(F)(F)F. The molecule has 2 rings (SSSR count). The van der Waals surface area contributed by atoms with Crippen LogP contribution in [0.15, 0.2) is 24.3 Å². The van der Waals surface area contributed by atoms with E-state index >= 15 is 0 Å². The van der Waals surface area contributed by atoms with E-state index in [2.05, 4.69) is 23.9 Å². The standard InChI is InChI=1S/C16H22F3NO/c1-11(2)20-10-12-6-5-8-13(12)14-7-3-4-9-15(14)21-16(17,18)19/h3-4,7,9,11-13,20H,5-6,8,10H2,1-2H3. The van der Waals surface area contributed by atoms with Gasteiger partial charge in [0.25, 0.3) is 0 Å². The maximum atomic E-state index is 12.5. The smallest absolute Gasteiger partial charge is 0.405 e. The number of halogens is 3. The summed E-state index contributed by atoms with van der Waals surface area (Å²) in [6.07, 6.45) is -1.62. The lowest BCUT2D eigenvalue weighted by molar-refractivity contribution is -0.275. The molecule has 0 amide bonds. The average molecular weight is 301 g/mol. The Hall–Kier alpha value is -1.23. The van der Waals surface area contributed by atoms with E-state index in [0.717, 1.165) is 25.8 Å². The molecule has 2 unspecified atom stereocenters. The van der Waals surface area contributed by atoms with Gasteiger partial charge in [0, 0.05) is 6.04 Å². The van der Waals surface area contributed by atoms with Crippen LogP contribution in [0.2, 0.25) is 0 Å². The number of alkyl halides is 3. The molecule has 0 spiro atoms. The Kier molecular flexibility index (Phi) is 5.14. The maximum Gasteiger partial charge on any atom is 0.573 e. The maximum absolute atomic E-state index is 12.5. The molecule has 1 N–H and O–H groups in total. The van der Waals surface area contributed by atoms with Gasteiger partial charge in [-0.1, -0.05) is 38.5 Å². The second-order valence-electron chi connectivity index (χ2n) is 5.95. The van der Waals surface area contributed by atoms with Crippen LogP contribution in [0.5, 0.6) is 5.75 Å². The van der Waals surface area contributed by atoms with E-state index in [1.807, 2.05) is 0 Å². The molecule has 1 fully saturated rings. The predicted molar refractivity (Wildman–Crippen MR) is 76.3 cm³/mol. The molecule has 0 heterocycles. The molecule has 2 nitrogen and oxygen atoms in total. The fourth-order valence-electron chi connectivity index (χ4n) is 3.08. The van der Waals surface area contributed by atoms with Crippen LogP contribution in [-0.2, 0) is 0 Å². The van der Waals surface area contributed by atoms with Crippen molar-refractivity contribution < 1.29 is 17.9 Å². The summed E-state index contributed by atoms with van der Waals surface area (Å²) in [4.78, 5) is 0. The minimum atomic E-state index is -4.64. The highest BCUT2D eigenvalue weighted by Crippen LogP contribution is 2.43. The minimum Gasteiger partial charge on any atom is -0.405 e. The van der Waals surface area contributed by atoms with Gasteiger partial charge in [0.05, 0.1) is 0 Å². The van der Waals surface area contributed by atoms with E-state index in [1.54, 1.807) is 18.2 Å². The van der Waals surface area contributed by atoms with Gasteiger partial charge >= 0.3 is 6.36 Å². The minimum absolute atomic E-state index is 0.0496. The van der Waals surface area contributed by atoms with Crippen LogP contribution in [0.25, 0.3) is 0 Å². The van der Waals surface area contributed by atoms with Crippen LogP contribution < -0.4 is 10.1 Å². The first-order chi connectivity index (χ1) is 9.87. The van der Waals surface area contributed by atoms with E-state index < -0.39 is 6.36 Å². The van der Waals surface area contributed by atoms with Crippen LogP contribution in [0, 0.1) is 5.92 Å². The number of benzene rings is 1. The van der Waals surface area contributed by atoms with Crippen LogP contribution >= 0.6 is 0 Å². The monoisotopic (exact) mass is 301 g/mol. The highest BCUT2D eigenvalue weighted by Gasteiger charge is 2.35. The van der Waals surface area contributed by atoms with Crippen molar-refractivity contribution in [2.75, 3.05) is 6.54 Å². The molecule has 2 atom stereocenters.